The Morgan fingerprint density at radius 3 is 2.52 bits per heavy atom. The zero-order chi connectivity index (χ0) is 16.7. The van der Waals surface area contributed by atoms with Gasteiger partial charge in [0.1, 0.15) is 5.75 Å². The van der Waals surface area contributed by atoms with Crippen LogP contribution in [0.15, 0.2) is 42.5 Å². The molecule has 122 valence electrons. The summed E-state index contributed by atoms with van der Waals surface area (Å²) in [5, 5.41) is 5.73. The predicted octanol–water partition coefficient (Wildman–Crippen LogP) is 4.20. The van der Waals surface area contributed by atoms with Crippen LogP contribution in [-0.4, -0.2) is 19.2 Å². The van der Waals surface area contributed by atoms with Gasteiger partial charge in [0.25, 0.3) is 0 Å². The van der Waals surface area contributed by atoms with Gasteiger partial charge in [0, 0.05) is 12.2 Å². The molecular weight excluding hydrogens is 288 g/mol. The minimum absolute atomic E-state index is 0.186. The van der Waals surface area contributed by atoms with Gasteiger partial charge in [0.05, 0.1) is 6.61 Å². The summed E-state index contributed by atoms with van der Waals surface area (Å²) in [6.45, 7) is 7.20. The molecule has 0 radical (unpaired) electrons. The number of anilines is 1. The first-order valence-electron chi connectivity index (χ1n) is 7.87. The molecular formula is C19H24N2O2. The number of nitrogens with one attached hydrogen (secondary N) is 2. The van der Waals surface area contributed by atoms with E-state index in [0.29, 0.717) is 13.2 Å². The van der Waals surface area contributed by atoms with Crippen LogP contribution in [0.3, 0.4) is 0 Å². The summed E-state index contributed by atoms with van der Waals surface area (Å²) in [6.07, 6.45) is 0.758. The van der Waals surface area contributed by atoms with Gasteiger partial charge in [0.15, 0.2) is 0 Å². The van der Waals surface area contributed by atoms with E-state index in [0.717, 1.165) is 34.5 Å². The molecule has 4 nitrogen and oxygen atoms in total. The molecule has 0 aliphatic rings. The van der Waals surface area contributed by atoms with Crippen LogP contribution < -0.4 is 15.4 Å². The van der Waals surface area contributed by atoms with Gasteiger partial charge < -0.3 is 15.4 Å². The third-order valence-electron chi connectivity index (χ3n) is 3.81. The lowest BCUT2D eigenvalue weighted by atomic mass is 10.1. The number of benzene rings is 2. The molecule has 2 aromatic carbocycles. The number of amides is 2. The van der Waals surface area contributed by atoms with Crippen LogP contribution in [0.1, 0.15) is 23.1 Å². The molecule has 0 atom stereocenters. The first-order chi connectivity index (χ1) is 11.1. The topological polar surface area (TPSA) is 50.4 Å². The number of para-hydroxylation sites is 1. The molecule has 2 N–H and O–H groups in total. The van der Waals surface area contributed by atoms with Gasteiger partial charge in [-0.3, -0.25) is 0 Å². The highest BCUT2D eigenvalue weighted by Gasteiger charge is 2.05. The van der Waals surface area contributed by atoms with Crippen molar-refractivity contribution in [1.29, 1.82) is 0 Å². The second-order valence-corrected chi connectivity index (χ2v) is 5.60. The Balaban J connectivity index is 1.69. The Morgan fingerprint density at radius 1 is 1.00 bits per heavy atom. The van der Waals surface area contributed by atoms with E-state index >= 15 is 0 Å². The van der Waals surface area contributed by atoms with Gasteiger partial charge >= 0.3 is 6.03 Å². The van der Waals surface area contributed by atoms with E-state index in [4.69, 9.17) is 4.74 Å². The Hall–Kier alpha value is -2.49. The van der Waals surface area contributed by atoms with Crippen molar-refractivity contribution in [1.82, 2.24) is 5.32 Å². The van der Waals surface area contributed by atoms with E-state index in [2.05, 4.69) is 10.6 Å². The van der Waals surface area contributed by atoms with Crippen molar-refractivity contribution in [3.05, 3.63) is 59.2 Å². The zero-order valence-electron chi connectivity index (χ0n) is 14.0. The smallest absolute Gasteiger partial charge is 0.319 e. The first kappa shape index (κ1) is 16.9. The van der Waals surface area contributed by atoms with Crippen molar-refractivity contribution in [2.24, 2.45) is 0 Å². The number of hydrogen-bond donors (Lipinski definition) is 2. The monoisotopic (exact) mass is 312 g/mol. The van der Waals surface area contributed by atoms with E-state index in [1.165, 1.54) is 0 Å². The van der Waals surface area contributed by atoms with E-state index in [1.54, 1.807) is 0 Å². The Labute approximate surface area is 137 Å². The van der Waals surface area contributed by atoms with Crippen molar-refractivity contribution < 1.29 is 9.53 Å². The van der Waals surface area contributed by atoms with Crippen molar-refractivity contribution in [2.75, 3.05) is 18.5 Å². The lowest BCUT2D eigenvalue weighted by Gasteiger charge is -2.12. The molecule has 4 heteroatoms. The average Bonchev–Trinajstić information content (AvgIpc) is 2.53. The van der Waals surface area contributed by atoms with Crippen LogP contribution in [0.4, 0.5) is 10.5 Å². The number of urea groups is 1. The third-order valence-corrected chi connectivity index (χ3v) is 3.81. The summed E-state index contributed by atoms with van der Waals surface area (Å²) < 4.78 is 5.70. The van der Waals surface area contributed by atoms with Crippen LogP contribution in [0, 0.1) is 20.8 Å². The molecule has 2 rings (SSSR count). The van der Waals surface area contributed by atoms with E-state index in [9.17, 15) is 4.79 Å². The van der Waals surface area contributed by atoms with Gasteiger partial charge in [-0.15, -0.1) is 0 Å². The molecule has 0 spiro atoms. The highest BCUT2D eigenvalue weighted by Crippen LogP contribution is 2.18. The summed E-state index contributed by atoms with van der Waals surface area (Å²) in [6, 6.07) is 13.6. The Kier molecular flexibility index (Phi) is 6.03. The predicted molar refractivity (Wildman–Crippen MR) is 94.2 cm³/mol. The summed E-state index contributed by atoms with van der Waals surface area (Å²) in [4.78, 5) is 11.9. The van der Waals surface area contributed by atoms with Gasteiger partial charge in [0.2, 0.25) is 0 Å². The number of carbonyl (C=O) groups is 1. The van der Waals surface area contributed by atoms with Gasteiger partial charge in [-0.2, -0.15) is 0 Å². The fourth-order valence-corrected chi connectivity index (χ4v) is 2.23. The largest absolute Gasteiger partial charge is 0.493 e. The van der Waals surface area contributed by atoms with Gasteiger partial charge in [-0.25, -0.2) is 4.79 Å². The van der Waals surface area contributed by atoms with Crippen LogP contribution in [0.25, 0.3) is 0 Å². The third kappa shape index (κ3) is 5.02. The van der Waals surface area contributed by atoms with Crippen molar-refractivity contribution in [3.8, 4) is 5.75 Å². The summed E-state index contributed by atoms with van der Waals surface area (Å²) in [5.74, 6) is 0.896. The second kappa shape index (κ2) is 8.22. The van der Waals surface area contributed by atoms with E-state index in [1.807, 2.05) is 63.2 Å². The molecule has 0 bridgehead atoms. The summed E-state index contributed by atoms with van der Waals surface area (Å²) >= 11 is 0. The number of hydrogen-bond acceptors (Lipinski definition) is 2. The number of carbonyl (C=O) groups excluding carboxylic acids is 1. The number of ether oxygens (including phenoxy) is 1. The normalized spacial score (nSPS) is 10.2. The SMILES string of the molecule is Cc1ccccc1OCCCNC(=O)Nc1cccc(C)c1C. The van der Waals surface area contributed by atoms with Crippen LogP contribution in [0.2, 0.25) is 0 Å². The van der Waals surface area contributed by atoms with Crippen molar-refractivity contribution >= 4 is 11.7 Å². The molecule has 2 aromatic rings. The fraction of sp³-hybridized carbons (Fsp3) is 0.316. The molecule has 0 saturated carbocycles. The highest BCUT2D eigenvalue weighted by molar-refractivity contribution is 5.90. The Morgan fingerprint density at radius 2 is 1.74 bits per heavy atom. The highest BCUT2D eigenvalue weighted by atomic mass is 16.5. The minimum atomic E-state index is -0.186. The molecule has 23 heavy (non-hydrogen) atoms. The molecule has 0 aromatic heterocycles. The lowest BCUT2D eigenvalue weighted by molar-refractivity contribution is 0.250. The molecule has 0 unspecified atom stereocenters. The lowest BCUT2D eigenvalue weighted by Crippen LogP contribution is -2.30. The van der Waals surface area contributed by atoms with Crippen molar-refractivity contribution in [3.63, 3.8) is 0 Å². The summed E-state index contributed by atoms with van der Waals surface area (Å²) in [7, 11) is 0. The standard InChI is InChI=1S/C19H24N2O2/c1-14-9-6-10-17(16(14)3)21-19(22)20-12-7-13-23-18-11-5-4-8-15(18)2/h4-6,8-11H,7,12-13H2,1-3H3,(H2,20,21,22). The Bertz CT molecular complexity index is 668. The molecule has 0 fully saturated rings. The van der Waals surface area contributed by atoms with Crippen LogP contribution >= 0.6 is 0 Å². The minimum Gasteiger partial charge on any atom is -0.493 e. The maximum Gasteiger partial charge on any atom is 0.319 e. The van der Waals surface area contributed by atoms with E-state index in [-0.39, 0.29) is 6.03 Å². The molecule has 0 saturated heterocycles. The maximum absolute atomic E-state index is 11.9. The quantitative estimate of drug-likeness (QED) is 0.785. The van der Waals surface area contributed by atoms with Crippen LogP contribution in [-0.2, 0) is 0 Å². The molecule has 2 amide bonds. The number of aryl methyl sites for hydroxylation is 2. The van der Waals surface area contributed by atoms with Gasteiger partial charge in [-0.05, 0) is 56.0 Å². The molecule has 0 aliphatic heterocycles. The number of rotatable bonds is 6. The average molecular weight is 312 g/mol. The maximum atomic E-state index is 11.9. The van der Waals surface area contributed by atoms with E-state index < -0.39 is 0 Å². The summed E-state index contributed by atoms with van der Waals surface area (Å²) in [5.41, 5.74) is 4.21. The fourth-order valence-electron chi connectivity index (χ4n) is 2.23. The van der Waals surface area contributed by atoms with Gasteiger partial charge in [-0.1, -0.05) is 30.3 Å². The second-order valence-electron chi connectivity index (χ2n) is 5.60. The molecule has 0 aliphatic carbocycles. The van der Waals surface area contributed by atoms with Crippen LogP contribution in [0.5, 0.6) is 5.75 Å². The molecule has 0 heterocycles. The first-order valence-corrected chi connectivity index (χ1v) is 7.87. The zero-order valence-corrected chi connectivity index (χ0v) is 14.0. The van der Waals surface area contributed by atoms with Crippen molar-refractivity contribution in [2.45, 2.75) is 27.2 Å².